The topological polar surface area (TPSA) is 35.5 Å². The van der Waals surface area contributed by atoms with Crippen LogP contribution in [-0.4, -0.2) is 27.5 Å². The molecule has 3 nitrogen and oxygen atoms in total. The molecule has 0 spiro atoms. The lowest BCUT2D eigenvalue weighted by Crippen LogP contribution is -2.55. The van der Waals surface area contributed by atoms with Gasteiger partial charge in [0.25, 0.3) is 0 Å². The minimum atomic E-state index is -1.70. The molecule has 0 aromatic heterocycles. The van der Waals surface area contributed by atoms with E-state index in [4.69, 9.17) is 9.16 Å². The maximum absolute atomic E-state index is 11.8. The highest BCUT2D eigenvalue weighted by atomic mass is 28.4. The zero-order chi connectivity index (χ0) is 25.8. The summed E-state index contributed by atoms with van der Waals surface area (Å²) in [6.45, 7) is 19.7. The van der Waals surface area contributed by atoms with Crippen LogP contribution in [0.2, 0.25) is 18.1 Å². The molecule has 0 N–H and O–H groups in total. The van der Waals surface area contributed by atoms with E-state index in [1.165, 1.54) is 64.9 Å². The Labute approximate surface area is 218 Å². The van der Waals surface area contributed by atoms with Crippen molar-refractivity contribution in [3.63, 3.8) is 0 Å². The van der Waals surface area contributed by atoms with Crippen molar-refractivity contribution in [2.75, 3.05) is 7.11 Å². The molecule has 35 heavy (non-hydrogen) atoms. The second kappa shape index (κ2) is 9.75. The van der Waals surface area contributed by atoms with Gasteiger partial charge in [-0.25, -0.2) is 0 Å². The molecule has 0 amide bonds. The molecule has 0 radical (unpaired) electrons. The molecule has 0 aromatic rings. The summed E-state index contributed by atoms with van der Waals surface area (Å²) in [5.74, 6) is 4.94. The fourth-order valence-electron chi connectivity index (χ4n) is 9.54. The van der Waals surface area contributed by atoms with E-state index in [1.807, 2.05) is 0 Å². The number of esters is 1. The van der Waals surface area contributed by atoms with Crippen LogP contribution >= 0.6 is 0 Å². The van der Waals surface area contributed by atoms with Crippen LogP contribution in [0.25, 0.3) is 0 Å². The van der Waals surface area contributed by atoms with E-state index < -0.39 is 8.32 Å². The van der Waals surface area contributed by atoms with E-state index in [9.17, 15) is 4.79 Å². The number of hydrogen-bond acceptors (Lipinski definition) is 3. The van der Waals surface area contributed by atoms with Crippen LogP contribution in [0, 0.1) is 46.3 Å². The van der Waals surface area contributed by atoms with E-state index in [-0.39, 0.29) is 5.97 Å². The Kier molecular flexibility index (Phi) is 7.71. The molecular weight excluding hydrogens is 448 g/mol. The van der Waals surface area contributed by atoms with Gasteiger partial charge in [0.2, 0.25) is 0 Å². The molecule has 4 aliphatic carbocycles. The predicted octanol–water partition coefficient (Wildman–Crippen LogP) is 8.63. The summed E-state index contributed by atoms with van der Waals surface area (Å²) in [5, 5.41) is 0.298. The third-order valence-corrected chi connectivity index (χ3v) is 17.2. The van der Waals surface area contributed by atoms with Crippen LogP contribution in [0.15, 0.2) is 0 Å². The fourth-order valence-corrected chi connectivity index (χ4v) is 10.9. The number of rotatable bonds is 6. The standard InChI is InChI=1S/C31H56O3Si/c1-21(10-15-28(32)33-7)25-13-14-26-24-12-11-22-20-23(34-35(8,9)29(2,3)4)16-18-30(22,5)27(24)17-19-31(25,26)6/h21-27H,10-20H2,1-9H3/t21-,22-,23-,24+,25-,26+,27+,30+,31-/m1/s1. The van der Waals surface area contributed by atoms with Crippen molar-refractivity contribution in [2.24, 2.45) is 46.3 Å². The van der Waals surface area contributed by atoms with Crippen LogP contribution in [0.5, 0.6) is 0 Å². The van der Waals surface area contributed by atoms with E-state index >= 15 is 0 Å². The second-order valence-corrected chi connectivity index (χ2v) is 20.0. The van der Waals surface area contributed by atoms with Crippen molar-refractivity contribution in [3.8, 4) is 0 Å². The monoisotopic (exact) mass is 504 g/mol. The molecule has 0 aromatic carbocycles. The van der Waals surface area contributed by atoms with Crippen molar-refractivity contribution >= 4 is 14.3 Å². The minimum absolute atomic E-state index is 0.0420. The van der Waals surface area contributed by atoms with Gasteiger partial charge in [-0.3, -0.25) is 4.79 Å². The average molecular weight is 505 g/mol. The quantitative estimate of drug-likeness (QED) is 0.268. The molecule has 0 aliphatic heterocycles. The lowest BCUT2D eigenvalue weighted by molar-refractivity contribution is -0.141. The van der Waals surface area contributed by atoms with Gasteiger partial charge in [-0.15, -0.1) is 0 Å². The lowest BCUT2D eigenvalue weighted by Gasteiger charge is -2.61. The Balaban J connectivity index is 1.43. The highest BCUT2D eigenvalue weighted by Gasteiger charge is 2.60. The van der Waals surface area contributed by atoms with E-state index in [1.54, 1.807) is 0 Å². The molecule has 9 atom stereocenters. The smallest absolute Gasteiger partial charge is 0.305 e. The molecule has 4 saturated carbocycles. The van der Waals surface area contributed by atoms with Gasteiger partial charge in [0.05, 0.1) is 7.11 Å². The summed E-state index contributed by atoms with van der Waals surface area (Å²) >= 11 is 0. The molecular formula is C31H56O3Si. The highest BCUT2D eigenvalue weighted by molar-refractivity contribution is 6.74. The molecule has 4 heteroatoms. The van der Waals surface area contributed by atoms with Crippen molar-refractivity contribution in [1.29, 1.82) is 0 Å². The van der Waals surface area contributed by atoms with Gasteiger partial charge in [0, 0.05) is 12.5 Å². The number of carbonyl (C=O) groups is 1. The molecule has 4 aliphatic rings. The molecule has 0 heterocycles. The molecule has 4 rings (SSSR count). The average Bonchev–Trinajstić information content (AvgIpc) is 3.13. The van der Waals surface area contributed by atoms with Crippen molar-refractivity contribution in [3.05, 3.63) is 0 Å². The van der Waals surface area contributed by atoms with Gasteiger partial charge in [-0.2, -0.15) is 0 Å². The Morgan fingerprint density at radius 3 is 2.29 bits per heavy atom. The van der Waals surface area contributed by atoms with Gasteiger partial charge in [0.15, 0.2) is 8.32 Å². The normalized spacial score (nSPS) is 42.5. The predicted molar refractivity (Wildman–Crippen MR) is 148 cm³/mol. The van der Waals surface area contributed by atoms with Gasteiger partial charge in [-0.1, -0.05) is 41.5 Å². The summed E-state index contributed by atoms with van der Waals surface area (Å²) < 4.78 is 11.9. The van der Waals surface area contributed by atoms with Crippen molar-refractivity contribution < 1.29 is 14.0 Å². The first-order chi connectivity index (χ1) is 16.2. The van der Waals surface area contributed by atoms with E-state index in [0.29, 0.717) is 34.3 Å². The molecule has 202 valence electrons. The Hall–Kier alpha value is -0.353. The number of ether oxygens (including phenoxy) is 1. The molecule has 0 unspecified atom stereocenters. The Morgan fingerprint density at radius 2 is 1.63 bits per heavy atom. The second-order valence-electron chi connectivity index (χ2n) is 15.3. The largest absolute Gasteiger partial charge is 0.469 e. The van der Waals surface area contributed by atoms with E-state index in [0.717, 1.165) is 36.0 Å². The third-order valence-electron chi connectivity index (χ3n) is 12.7. The van der Waals surface area contributed by atoms with E-state index in [2.05, 4.69) is 54.6 Å². The van der Waals surface area contributed by atoms with Crippen LogP contribution in [0.4, 0.5) is 0 Å². The number of fused-ring (bicyclic) bond motifs is 5. The van der Waals surface area contributed by atoms with Crippen LogP contribution < -0.4 is 0 Å². The minimum Gasteiger partial charge on any atom is -0.469 e. The molecule has 0 bridgehead atoms. The molecule has 4 fully saturated rings. The van der Waals surface area contributed by atoms with Crippen molar-refractivity contribution in [1.82, 2.24) is 0 Å². The Morgan fingerprint density at radius 1 is 0.971 bits per heavy atom. The van der Waals surface area contributed by atoms with Gasteiger partial charge >= 0.3 is 5.97 Å². The fraction of sp³-hybridized carbons (Fsp3) is 0.968. The van der Waals surface area contributed by atoms with Gasteiger partial charge in [0.1, 0.15) is 0 Å². The lowest BCUT2D eigenvalue weighted by atomic mass is 9.44. The number of hydrogen-bond donors (Lipinski definition) is 0. The van der Waals surface area contributed by atoms with Gasteiger partial charge in [-0.05, 0) is 129 Å². The van der Waals surface area contributed by atoms with Crippen molar-refractivity contribution in [2.45, 2.75) is 136 Å². The molecule has 0 saturated heterocycles. The first-order valence-corrected chi connectivity index (χ1v) is 17.9. The SMILES string of the molecule is COC(=O)CC[C@@H](C)[C@H]1CC[C@H]2[C@@H]3CC[C@@H]4C[C@H](O[Si](C)(C)C(C)(C)C)CC[C@]4(C)[C@H]3CC[C@]12C. The summed E-state index contributed by atoms with van der Waals surface area (Å²) in [4.78, 5) is 11.8. The Bertz CT molecular complexity index is 772. The highest BCUT2D eigenvalue weighted by Crippen LogP contribution is 2.68. The number of carbonyl (C=O) groups excluding carboxylic acids is 1. The van der Waals surface area contributed by atoms with Crippen LogP contribution in [0.3, 0.4) is 0 Å². The van der Waals surface area contributed by atoms with Gasteiger partial charge < -0.3 is 9.16 Å². The van der Waals surface area contributed by atoms with Crippen LogP contribution in [0.1, 0.15) is 112 Å². The third kappa shape index (κ3) is 4.93. The summed E-state index contributed by atoms with van der Waals surface area (Å²) in [6, 6.07) is 0. The number of methoxy groups -OCH3 is 1. The summed E-state index contributed by atoms with van der Waals surface area (Å²) in [5.41, 5.74) is 0.995. The zero-order valence-corrected chi connectivity index (χ0v) is 25.5. The first kappa shape index (κ1) is 27.7. The summed E-state index contributed by atoms with van der Waals surface area (Å²) in [7, 11) is -0.180. The van der Waals surface area contributed by atoms with Crippen LogP contribution in [-0.2, 0) is 14.0 Å². The summed E-state index contributed by atoms with van der Waals surface area (Å²) in [6.07, 6.45) is 14.5. The first-order valence-electron chi connectivity index (χ1n) is 15.0. The zero-order valence-electron chi connectivity index (χ0n) is 24.5. The maximum atomic E-state index is 11.8. The maximum Gasteiger partial charge on any atom is 0.305 e.